The maximum atomic E-state index is 12.3. The highest BCUT2D eigenvalue weighted by atomic mass is 35.5. The van der Waals surface area contributed by atoms with E-state index in [1.165, 1.54) is 7.11 Å². The number of hydrogen-bond donors (Lipinski definition) is 2. The molecule has 0 saturated heterocycles. The van der Waals surface area contributed by atoms with Gasteiger partial charge in [0.15, 0.2) is 0 Å². The summed E-state index contributed by atoms with van der Waals surface area (Å²) in [5, 5.41) is 16.0. The Kier molecular flexibility index (Phi) is 7.45. The lowest BCUT2D eigenvalue weighted by atomic mass is 9.87. The number of amides is 2. The number of nitrogens with zero attached hydrogens (tertiary/aromatic N) is 1. The molecule has 0 radical (unpaired) electrons. The molecular weight excluding hydrogens is 438 g/mol. The van der Waals surface area contributed by atoms with E-state index in [1.807, 2.05) is 0 Å². The van der Waals surface area contributed by atoms with E-state index < -0.39 is 5.92 Å². The van der Waals surface area contributed by atoms with Gasteiger partial charge >= 0.3 is 0 Å². The van der Waals surface area contributed by atoms with Gasteiger partial charge in [-0.3, -0.25) is 9.59 Å². The van der Waals surface area contributed by atoms with Crippen molar-refractivity contribution in [1.29, 1.82) is 5.26 Å². The van der Waals surface area contributed by atoms with Crippen LogP contribution in [0, 0.1) is 11.3 Å². The third-order valence-electron chi connectivity index (χ3n) is 4.66. The maximum absolute atomic E-state index is 12.3. The van der Waals surface area contributed by atoms with E-state index in [0.717, 1.165) is 17.3 Å². The number of carbonyl (C=O) groups excluding carboxylic acids is 2. The zero-order valence-electron chi connectivity index (χ0n) is 16.9. The highest BCUT2D eigenvalue weighted by Gasteiger charge is 2.30. The van der Waals surface area contributed by atoms with Gasteiger partial charge in [0.2, 0.25) is 11.8 Å². The van der Waals surface area contributed by atoms with Crippen molar-refractivity contribution >= 4 is 40.9 Å². The van der Waals surface area contributed by atoms with Crippen LogP contribution in [-0.4, -0.2) is 31.8 Å². The molecule has 3 rings (SSSR count). The Morgan fingerprint density at radius 3 is 2.61 bits per heavy atom. The van der Waals surface area contributed by atoms with Crippen molar-refractivity contribution in [3.8, 4) is 17.6 Å². The fraction of sp³-hybridized carbons (Fsp3) is 0.227. The fourth-order valence-corrected chi connectivity index (χ4v) is 4.27. The largest absolute Gasteiger partial charge is 0.497 e. The number of methoxy groups -OCH3 is 2. The Labute approximate surface area is 189 Å². The lowest BCUT2D eigenvalue weighted by Crippen LogP contribution is -2.31. The fourth-order valence-electron chi connectivity index (χ4n) is 3.13. The van der Waals surface area contributed by atoms with Crippen molar-refractivity contribution in [2.75, 3.05) is 25.3 Å². The average Bonchev–Trinajstić information content (AvgIpc) is 2.77. The van der Waals surface area contributed by atoms with Crippen molar-refractivity contribution in [2.45, 2.75) is 12.3 Å². The van der Waals surface area contributed by atoms with Crippen LogP contribution in [0.15, 0.2) is 53.1 Å². The summed E-state index contributed by atoms with van der Waals surface area (Å²) >= 11 is 7.33. The van der Waals surface area contributed by atoms with Crippen LogP contribution in [0.1, 0.15) is 17.9 Å². The zero-order valence-corrected chi connectivity index (χ0v) is 18.5. The number of rotatable bonds is 7. The number of nitriles is 1. The number of allylic oxidation sites excluding steroid dienone is 1. The third-order valence-corrected chi connectivity index (χ3v) is 5.97. The van der Waals surface area contributed by atoms with Crippen molar-refractivity contribution < 1.29 is 19.1 Å². The predicted octanol–water partition coefficient (Wildman–Crippen LogP) is 4.07. The number of ether oxygens (including phenoxy) is 2. The van der Waals surface area contributed by atoms with Gasteiger partial charge in [-0.05, 0) is 42.0 Å². The van der Waals surface area contributed by atoms with Crippen molar-refractivity contribution in [1.82, 2.24) is 5.32 Å². The monoisotopic (exact) mass is 457 g/mol. The number of anilines is 1. The number of nitrogens with one attached hydrogen (secondary N) is 2. The van der Waals surface area contributed by atoms with Gasteiger partial charge in [0.05, 0.1) is 41.7 Å². The summed E-state index contributed by atoms with van der Waals surface area (Å²) in [5.74, 6) is 0.291. The van der Waals surface area contributed by atoms with Gasteiger partial charge in [-0.15, -0.1) is 0 Å². The minimum absolute atomic E-state index is 0.0307. The molecule has 1 aliphatic rings. The van der Waals surface area contributed by atoms with E-state index in [9.17, 15) is 14.9 Å². The average molecular weight is 458 g/mol. The Morgan fingerprint density at radius 2 is 2.00 bits per heavy atom. The number of hydrogen-bond acceptors (Lipinski definition) is 6. The molecule has 1 heterocycles. The van der Waals surface area contributed by atoms with E-state index >= 15 is 0 Å². The first kappa shape index (κ1) is 22.5. The molecule has 0 spiro atoms. The van der Waals surface area contributed by atoms with Gasteiger partial charge < -0.3 is 20.1 Å². The minimum Gasteiger partial charge on any atom is -0.497 e. The molecule has 2 amide bonds. The van der Waals surface area contributed by atoms with Crippen molar-refractivity contribution in [2.24, 2.45) is 0 Å². The van der Waals surface area contributed by atoms with Crippen LogP contribution in [0.5, 0.6) is 11.5 Å². The van der Waals surface area contributed by atoms with Gasteiger partial charge in [-0.25, -0.2) is 0 Å². The lowest BCUT2D eigenvalue weighted by molar-refractivity contribution is -0.121. The van der Waals surface area contributed by atoms with Crippen molar-refractivity contribution in [3.63, 3.8) is 0 Å². The molecule has 1 atom stereocenters. The maximum Gasteiger partial charge on any atom is 0.234 e. The Morgan fingerprint density at radius 1 is 1.26 bits per heavy atom. The first-order valence-corrected chi connectivity index (χ1v) is 10.7. The van der Waals surface area contributed by atoms with Crippen molar-refractivity contribution in [3.05, 3.63) is 63.7 Å². The smallest absolute Gasteiger partial charge is 0.234 e. The van der Waals surface area contributed by atoms with E-state index in [-0.39, 0.29) is 24.0 Å². The summed E-state index contributed by atoms with van der Waals surface area (Å²) in [5.41, 5.74) is 1.75. The molecular formula is C22H20ClN3O4S. The van der Waals surface area contributed by atoms with Crippen LogP contribution in [0.25, 0.3) is 0 Å². The molecule has 2 aromatic rings. The number of benzene rings is 2. The van der Waals surface area contributed by atoms with E-state index in [1.54, 1.807) is 49.6 Å². The second-order valence-electron chi connectivity index (χ2n) is 6.62. The van der Waals surface area contributed by atoms with Crippen LogP contribution in [0.2, 0.25) is 5.02 Å². The summed E-state index contributed by atoms with van der Waals surface area (Å²) in [4.78, 5) is 24.6. The van der Waals surface area contributed by atoms with Gasteiger partial charge in [0, 0.05) is 18.0 Å². The Bertz CT molecular complexity index is 1060. The number of carbonyl (C=O) groups is 2. The minimum atomic E-state index is -0.450. The first-order chi connectivity index (χ1) is 14.9. The molecule has 31 heavy (non-hydrogen) atoms. The van der Waals surface area contributed by atoms with E-state index in [0.29, 0.717) is 32.8 Å². The van der Waals surface area contributed by atoms with Crippen LogP contribution < -0.4 is 20.1 Å². The molecule has 1 aliphatic heterocycles. The Hall–Kier alpha value is -3.15. The van der Waals surface area contributed by atoms with Gasteiger partial charge in [0.25, 0.3) is 0 Å². The van der Waals surface area contributed by atoms with Crippen LogP contribution in [0.3, 0.4) is 0 Å². The molecule has 160 valence electrons. The predicted molar refractivity (Wildman–Crippen MR) is 120 cm³/mol. The number of thioether (sulfide) groups is 1. The zero-order chi connectivity index (χ0) is 22.4. The first-order valence-electron chi connectivity index (χ1n) is 9.29. The Balaban J connectivity index is 1.74. The van der Waals surface area contributed by atoms with Crippen LogP contribution in [-0.2, 0) is 9.59 Å². The number of halogens is 1. The third kappa shape index (κ3) is 5.51. The molecule has 0 saturated carbocycles. The van der Waals surface area contributed by atoms with Crippen LogP contribution >= 0.6 is 23.4 Å². The van der Waals surface area contributed by atoms with E-state index in [2.05, 4.69) is 16.7 Å². The summed E-state index contributed by atoms with van der Waals surface area (Å²) in [6, 6.07) is 14.3. The second-order valence-corrected chi connectivity index (χ2v) is 8.01. The van der Waals surface area contributed by atoms with Gasteiger partial charge in [-0.1, -0.05) is 29.4 Å². The second kappa shape index (κ2) is 10.2. The molecule has 9 heteroatoms. The van der Waals surface area contributed by atoms with Gasteiger partial charge in [0.1, 0.15) is 11.5 Å². The molecule has 0 fully saturated rings. The van der Waals surface area contributed by atoms with Gasteiger partial charge in [-0.2, -0.15) is 5.26 Å². The molecule has 2 N–H and O–H groups in total. The summed E-state index contributed by atoms with van der Waals surface area (Å²) in [6.07, 6.45) is 0.119. The molecule has 0 aromatic heterocycles. The standard InChI is InChI=1S/C22H20ClN3O4S/c1-29-15-6-4-14(5-7-15)25-21(28)12-31-22-17(11-24)16(10-20(27)26-22)13-3-8-19(30-2)18(23)9-13/h3-9,16H,10,12H2,1-2H3,(H,25,28)(H,26,27)/t16-/m1/s1. The summed E-state index contributed by atoms with van der Waals surface area (Å²) < 4.78 is 10.3. The molecule has 0 bridgehead atoms. The normalized spacial score (nSPS) is 15.7. The molecule has 2 aromatic carbocycles. The molecule has 7 nitrogen and oxygen atoms in total. The SMILES string of the molecule is COc1ccc(NC(=O)CSC2=C(C#N)[C@@H](c3ccc(OC)c(Cl)c3)CC(=O)N2)cc1. The van der Waals surface area contributed by atoms with E-state index in [4.69, 9.17) is 21.1 Å². The lowest BCUT2D eigenvalue weighted by Gasteiger charge is -2.25. The highest BCUT2D eigenvalue weighted by molar-refractivity contribution is 8.03. The summed E-state index contributed by atoms with van der Waals surface area (Å²) in [6.45, 7) is 0. The molecule has 0 aliphatic carbocycles. The topological polar surface area (TPSA) is 100 Å². The highest BCUT2D eigenvalue weighted by Crippen LogP contribution is 2.38. The summed E-state index contributed by atoms with van der Waals surface area (Å²) in [7, 11) is 3.08. The molecule has 0 unspecified atom stereocenters. The quantitative estimate of drug-likeness (QED) is 0.650. The van der Waals surface area contributed by atoms with Crippen LogP contribution in [0.4, 0.5) is 5.69 Å².